The normalized spacial score (nSPS) is 17.0. The second-order valence-electron chi connectivity index (χ2n) is 7.02. The Bertz CT molecular complexity index is 1020. The number of rotatable bonds is 4. The molecule has 1 unspecified atom stereocenters. The van der Waals surface area contributed by atoms with Gasteiger partial charge in [-0.15, -0.1) is 0 Å². The van der Waals surface area contributed by atoms with Crippen LogP contribution in [0.2, 0.25) is 5.02 Å². The van der Waals surface area contributed by atoms with Gasteiger partial charge in [-0.25, -0.2) is 13.7 Å². The van der Waals surface area contributed by atoms with Crippen molar-refractivity contribution < 1.29 is 9.50 Å². The van der Waals surface area contributed by atoms with E-state index in [1.165, 1.54) is 6.07 Å². The van der Waals surface area contributed by atoms with Gasteiger partial charge < -0.3 is 10.1 Å². The molecule has 166 valence electrons. The molecule has 4 rings (SSSR count). The van der Waals surface area contributed by atoms with Gasteiger partial charge in [0.05, 0.1) is 27.5 Å². The third-order valence-corrected chi connectivity index (χ3v) is 7.14. The van der Waals surface area contributed by atoms with Crippen molar-refractivity contribution in [1.82, 2.24) is 14.3 Å². The van der Waals surface area contributed by atoms with E-state index in [4.69, 9.17) is 11.6 Å². The van der Waals surface area contributed by atoms with Gasteiger partial charge in [-0.3, -0.25) is 0 Å². The van der Waals surface area contributed by atoms with Crippen LogP contribution in [0.1, 0.15) is 33.1 Å². The standard InChI is InChI=1S/C21H20BrClFN3OS.C2H6/c22-16-5-3-13(10-18(16)24)19-12-25-21(26-19)14-4-6-17(23)20(11-14)29-27-8-1-2-15(28)7-9-27;1-2/h3-6,10-12,15,28H,1-2,7-9H2,(H,25,26);1-2H3. The number of aromatic nitrogens is 2. The molecule has 0 saturated carbocycles. The Hall–Kier alpha value is -1.38. The molecule has 1 aliphatic heterocycles. The van der Waals surface area contributed by atoms with Crippen molar-refractivity contribution in [1.29, 1.82) is 0 Å². The molecule has 1 atom stereocenters. The van der Waals surface area contributed by atoms with Crippen LogP contribution in [0.3, 0.4) is 0 Å². The van der Waals surface area contributed by atoms with Crippen LogP contribution in [0, 0.1) is 5.82 Å². The summed E-state index contributed by atoms with van der Waals surface area (Å²) in [6, 6.07) is 10.8. The van der Waals surface area contributed by atoms with Gasteiger partial charge in [0.1, 0.15) is 11.6 Å². The number of benzene rings is 2. The van der Waals surface area contributed by atoms with Gasteiger partial charge >= 0.3 is 0 Å². The zero-order chi connectivity index (χ0) is 22.4. The number of aliphatic hydroxyl groups is 1. The van der Waals surface area contributed by atoms with Crippen molar-refractivity contribution in [3.63, 3.8) is 0 Å². The molecule has 0 bridgehead atoms. The predicted molar refractivity (Wildman–Crippen MR) is 131 cm³/mol. The fraction of sp³-hybridized carbons (Fsp3) is 0.348. The minimum absolute atomic E-state index is 0.215. The largest absolute Gasteiger partial charge is 0.393 e. The molecule has 0 spiro atoms. The van der Waals surface area contributed by atoms with Crippen molar-refractivity contribution in [3.8, 4) is 22.6 Å². The van der Waals surface area contributed by atoms with Crippen LogP contribution < -0.4 is 0 Å². The molecule has 0 radical (unpaired) electrons. The van der Waals surface area contributed by atoms with Gasteiger partial charge in [-0.2, -0.15) is 0 Å². The number of nitrogens with zero attached hydrogens (tertiary/aromatic N) is 2. The maximum Gasteiger partial charge on any atom is 0.138 e. The highest BCUT2D eigenvalue weighted by molar-refractivity contribution is 9.10. The average Bonchev–Trinajstić information content (AvgIpc) is 3.18. The highest BCUT2D eigenvalue weighted by Gasteiger charge is 2.17. The lowest BCUT2D eigenvalue weighted by molar-refractivity contribution is 0.159. The van der Waals surface area contributed by atoms with E-state index in [9.17, 15) is 9.50 Å². The van der Waals surface area contributed by atoms with Crippen LogP contribution in [0.25, 0.3) is 22.6 Å². The van der Waals surface area contributed by atoms with Crippen LogP contribution in [-0.2, 0) is 0 Å². The van der Waals surface area contributed by atoms with Crippen LogP contribution in [0.15, 0.2) is 52.0 Å². The Balaban J connectivity index is 0.00000132. The first-order valence-electron chi connectivity index (χ1n) is 10.4. The Morgan fingerprint density at radius 3 is 2.71 bits per heavy atom. The molecule has 31 heavy (non-hydrogen) atoms. The minimum Gasteiger partial charge on any atom is -0.393 e. The van der Waals surface area contributed by atoms with Crippen molar-refractivity contribution in [2.45, 2.75) is 44.1 Å². The van der Waals surface area contributed by atoms with Crippen molar-refractivity contribution in [3.05, 3.63) is 57.9 Å². The van der Waals surface area contributed by atoms with Crippen LogP contribution in [-0.4, -0.2) is 38.6 Å². The molecule has 1 aromatic heterocycles. The summed E-state index contributed by atoms with van der Waals surface area (Å²) in [6.07, 6.45) is 4.07. The average molecular weight is 527 g/mol. The van der Waals surface area contributed by atoms with Crippen molar-refractivity contribution in [2.75, 3.05) is 13.1 Å². The van der Waals surface area contributed by atoms with Gasteiger partial charge in [0.25, 0.3) is 0 Å². The van der Waals surface area contributed by atoms with E-state index in [1.54, 1.807) is 24.2 Å². The van der Waals surface area contributed by atoms with E-state index in [0.29, 0.717) is 15.3 Å². The number of halogens is 3. The number of nitrogens with one attached hydrogen (secondary N) is 1. The third-order valence-electron chi connectivity index (χ3n) is 4.90. The first-order valence-corrected chi connectivity index (χ1v) is 12.4. The Labute approximate surface area is 200 Å². The smallest absolute Gasteiger partial charge is 0.138 e. The topological polar surface area (TPSA) is 52.1 Å². The monoisotopic (exact) mass is 525 g/mol. The van der Waals surface area contributed by atoms with Crippen molar-refractivity contribution >= 4 is 39.5 Å². The van der Waals surface area contributed by atoms with E-state index in [-0.39, 0.29) is 11.9 Å². The summed E-state index contributed by atoms with van der Waals surface area (Å²) >= 11 is 11.2. The molecule has 4 nitrogen and oxygen atoms in total. The van der Waals surface area contributed by atoms with Crippen LogP contribution in [0.4, 0.5) is 4.39 Å². The Kier molecular flexibility index (Phi) is 8.98. The Morgan fingerprint density at radius 1 is 1.16 bits per heavy atom. The maximum atomic E-state index is 13.8. The lowest BCUT2D eigenvalue weighted by atomic mass is 10.2. The molecule has 1 aliphatic rings. The van der Waals surface area contributed by atoms with E-state index >= 15 is 0 Å². The molecule has 0 amide bonds. The summed E-state index contributed by atoms with van der Waals surface area (Å²) in [6.45, 7) is 5.74. The number of hydrogen-bond donors (Lipinski definition) is 2. The lowest BCUT2D eigenvalue weighted by Crippen LogP contribution is -2.17. The summed E-state index contributed by atoms with van der Waals surface area (Å²) in [5.74, 6) is 0.388. The molecule has 2 heterocycles. The number of H-pyrrole nitrogens is 1. The van der Waals surface area contributed by atoms with E-state index in [2.05, 4.69) is 30.2 Å². The zero-order valence-corrected chi connectivity index (χ0v) is 20.7. The SMILES string of the molecule is CC.OC1CCCN(Sc2cc(-c3ncc(-c4ccc(Br)c(F)c4)[nH]3)ccc2Cl)CC1. The van der Waals surface area contributed by atoms with Gasteiger partial charge in [0.2, 0.25) is 0 Å². The number of aliphatic hydroxyl groups excluding tert-OH is 1. The lowest BCUT2D eigenvalue weighted by Gasteiger charge is -2.19. The Morgan fingerprint density at radius 2 is 1.94 bits per heavy atom. The molecule has 3 aromatic rings. The quantitative estimate of drug-likeness (QED) is 0.354. The van der Waals surface area contributed by atoms with E-state index in [0.717, 1.165) is 54.1 Å². The van der Waals surface area contributed by atoms with Crippen LogP contribution >= 0.6 is 39.5 Å². The summed E-state index contributed by atoms with van der Waals surface area (Å²) in [7, 11) is 0. The fourth-order valence-electron chi connectivity index (χ4n) is 3.28. The van der Waals surface area contributed by atoms with E-state index in [1.807, 2.05) is 38.1 Å². The molecule has 0 aliphatic carbocycles. The van der Waals surface area contributed by atoms with Gasteiger partial charge in [0.15, 0.2) is 0 Å². The summed E-state index contributed by atoms with van der Waals surface area (Å²) in [5.41, 5.74) is 2.39. The maximum absolute atomic E-state index is 13.8. The number of aromatic amines is 1. The minimum atomic E-state index is -0.314. The molecule has 2 N–H and O–H groups in total. The summed E-state index contributed by atoms with van der Waals surface area (Å²) in [5, 5.41) is 10.5. The zero-order valence-electron chi connectivity index (χ0n) is 17.5. The third kappa shape index (κ3) is 6.33. The number of hydrogen-bond acceptors (Lipinski definition) is 4. The number of imidazole rings is 1. The second-order valence-corrected chi connectivity index (χ2v) is 9.42. The van der Waals surface area contributed by atoms with Crippen molar-refractivity contribution in [2.24, 2.45) is 0 Å². The molecule has 1 fully saturated rings. The van der Waals surface area contributed by atoms with Gasteiger partial charge in [-0.1, -0.05) is 31.5 Å². The first-order chi connectivity index (χ1) is 15.0. The van der Waals surface area contributed by atoms with E-state index < -0.39 is 0 Å². The van der Waals surface area contributed by atoms with Gasteiger partial charge in [-0.05, 0) is 77.5 Å². The predicted octanol–water partition coefficient (Wildman–Crippen LogP) is 7.18. The van der Waals surface area contributed by atoms with Crippen LogP contribution in [0.5, 0.6) is 0 Å². The molecular formula is C23H26BrClFN3OS. The molecular weight excluding hydrogens is 501 g/mol. The highest BCUT2D eigenvalue weighted by atomic mass is 79.9. The summed E-state index contributed by atoms with van der Waals surface area (Å²) in [4.78, 5) is 8.69. The highest BCUT2D eigenvalue weighted by Crippen LogP contribution is 2.35. The summed E-state index contributed by atoms with van der Waals surface area (Å²) < 4.78 is 16.5. The molecule has 8 heteroatoms. The van der Waals surface area contributed by atoms with Gasteiger partial charge in [0, 0.05) is 29.1 Å². The fourth-order valence-corrected chi connectivity index (χ4v) is 4.78. The first kappa shape index (κ1) is 24.3. The molecule has 2 aromatic carbocycles. The second kappa shape index (κ2) is 11.5. The molecule has 1 saturated heterocycles.